The first-order valence-corrected chi connectivity index (χ1v) is 7.33. The zero-order valence-electron chi connectivity index (χ0n) is 13.4. The van der Waals surface area contributed by atoms with Gasteiger partial charge in [-0.2, -0.15) is 5.26 Å². The smallest absolute Gasteiger partial charge is 0.136 e. The molecule has 2 N–H and O–H groups in total. The minimum absolute atomic E-state index is 0.0174. The Morgan fingerprint density at radius 1 is 1.25 bits per heavy atom. The summed E-state index contributed by atoms with van der Waals surface area (Å²) in [6, 6.07) is 10.3. The summed E-state index contributed by atoms with van der Waals surface area (Å²) in [5, 5.41) is 22.5. The number of nitrogens with one attached hydrogen (secondary N) is 1. The lowest BCUT2D eigenvalue weighted by atomic mass is 9.95. The summed E-state index contributed by atoms with van der Waals surface area (Å²) in [6.45, 7) is 1.88. The number of aliphatic hydroxyl groups is 1. The Kier molecular flexibility index (Phi) is 5.50. The molecule has 126 valence electrons. The van der Waals surface area contributed by atoms with Crippen molar-refractivity contribution in [2.75, 3.05) is 13.7 Å². The van der Waals surface area contributed by atoms with Crippen molar-refractivity contribution in [3.05, 3.63) is 64.7 Å². The van der Waals surface area contributed by atoms with E-state index in [2.05, 4.69) is 5.32 Å². The van der Waals surface area contributed by atoms with Gasteiger partial charge in [-0.15, -0.1) is 0 Å². The lowest BCUT2D eigenvalue weighted by Crippen LogP contribution is -2.36. The molecule has 2 aromatic carbocycles. The van der Waals surface area contributed by atoms with Crippen LogP contribution in [-0.2, 0) is 12.1 Å². The number of hydrogen-bond acceptors (Lipinski definition) is 4. The third kappa shape index (κ3) is 4.07. The van der Waals surface area contributed by atoms with Crippen LogP contribution in [0.5, 0.6) is 5.75 Å². The molecule has 0 amide bonds. The van der Waals surface area contributed by atoms with Gasteiger partial charge in [0.25, 0.3) is 0 Å². The molecule has 6 heteroatoms. The number of hydrogen-bond donors (Lipinski definition) is 2. The molecule has 0 fully saturated rings. The molecule has 0 aromatic heterocycles. The number of benzene rings is 2. The number of ether oxygens (including phenoxy) is 1. The molecule has 0 saturated carbocycles. The quantitative estimate of drug-likeness (QED) is 0.854. The zero-order valence-corrected chi connectivity index (χ0v) is 13.4. The van der Waals surface area contributed by atoms with Gasteiger partial charge in [-0.3, -0.25) is 0 Å². The van der Waals surface area contributed by atoms with Crippen LogP contribution in [0.1, 0.15) is 23.6 Å². The van der Waals surface area contributed by atoms with Crippen molar-refractivity contribution in [1.82, 2.24) is 5.32 Å². The van der Waals surface area contributed by atoms with Gasteiger partial charge in [-0.25, -0.2) is 8.78 Å². The van der Waals surface area contributed by atoms with Gasteiger partial charge in [0.15, 0.2) is 0 Å². The monoisotopic (exact) mass is 332 g/mol. The molecule has 2 aromatic rings. The first kappa shape index (κ1) is 17.9. The number of halogens is 2. The highest BCUT2D eigenvalue weighted by molar-refractivity contribution is 5.45. The Hall–Kier alpha value is -2.49. The number of methoxy groups -OCH3 is 1. The van der Waals surface area contributed by atoms with E-state index in [9.17, 15) is 13.9 Å². The fourth-order valence-electron chi connectivity index (χ4n) is 2.42. The van der Waals surface area contributed by atoms with Crippen molar-refractivity contribution in [2.45, 2.75) is 19.1 Å². The molecule has 1 unspecified atom stereocenters. The Morgan fingerprint density at radius 3 is 2.62 bits per heavy atom. The maximum atomic E-state index is 13.8. The molecule has 1 atom stereocenters. The maximum absolute atomic E-state index is 13.8. The van der Waals surface area contributed by atoms with E-state index >= 15 is 0 Å². The van der Waals surface area contributed by atoms with Crippen LogP contribution in [0, 0.1) is 23.0 Å². The standard InChI is InChI=1S/C18H18F2N2O2/c1-18(23,15-5-4-14(19)8-16(15)20)11-22-10-12-3-6-17(24-2)13(7-12)9-21/h3-8,22-23H,10-11H2,1-2H3. The van der Waals surface area contributed by atoms with Crippen LogP contribution in [-0.4, -0.2) is 18.8 Å². The summed E-state index contributed by atoms with van der Waals surface area (Å²) >= 11 is 0. The van der Waals surface area contributed by atoms with E-state index in [4.69, 9.17) is 10.00 Å². The number of nitrogens with zero attached hydrogens (tertiary/aromatic N) is 1. The van der Waals surface area contributed by atoms with Crippen LogP contribution >= 0.6 is 0 Å². The van der Waals surface area contributed by atoms with Crippen LogP contribution in [0.25, 0.3) is 0 Å². The molecule has 0 radical (unpaired) electrons. The molecule has 0 aliphatic heterocycles. The lowest BCUT2D eigenvalue weighted by Gasteiger charge is -2.25. The van der Waals surface area contributed by atoms with E-state index in [1.165, 1.54) is 20.1 Å². The molecule has 4 nitrogen and oxygen atoms in total. The van der Waals surface area contributed by atoms with E-state index in [-0.39, 0.29) is 12.1 Å². The molecule has 0 saturated heterocycles. The molecular weight excluding hydrogens is 314 g/mol. The molecule has 0 bridgehead atoms. The fraction of sp³-hybridized carbons (Fsp3) is 0.278. The van der Waals surface area contributed by atoms with Crippen molar-refractivity contribution in [1.29, 1.82) is 5.26 Å². The van der Waals surface area contributed by atoms with Crippen LogP contribution < -0.4 is 10.1 Å². The second-order valence-corrected chi connectivity index (χ2v) is 5.65. The molecule has 0 spiro atoms. The Morgan fingerprint density at radius 2 is 2.00 bits per heavy atom. The SMILES string of the molecule is COc1ccc(CNCC(C)(O)c2ccc(F)cc2F)cc1C#N. The van der Waals surface area contributed by atoms with Gasteiger partial charge in [0, 0.05) is 24.7 Å². The van der Waals surface area contributed by atoms with Gasteiger partial charge < -0.3 is 15.2 Å². The summed E-state index contributed by atoms with van der Waals surface area (Å²) in [7, 11) is 1.49. The Balaban J connectivity index is 2.04. The topological polar surface area (TPSA) is 65.3 Å². The first-order chi connectivity index (χ1) is 11.4. The average molecular weight is 332 g/mol. The summed E-state index contributed by atoms with van der Waals surface area (Å²) in [5.74, 6) is -0.998. The summed E-state index contributed by atoms with van der Waals surface area (Å²) in [6.07, 6.45) is 0. The van der Waals surface area contributed by atoms with E-state index < -0.39 is 17.2 Å². The van der Waals surface area contributed by atoms with Crippen molar-refractivity contribution in [3.63, 3.8) is 0 Å². The minimum Gasteiger partial charge on any atom is -0.495 e. The van der Waals surface area contributed by atoms with E-state index in [0.29, 0.717) is 17.9 Å². The first-order valence-electron chi connectivity index (χ1n) is 7.33. The van der Waals surface area contributed by atoms with Crippen LogP contribution in [0.2, 0.25) is 0 Å². The molecule has 2 rings (SSSR count). The summed E-state index contributed by atoms with van der Waals surface area (Å²) in [4.78, 5) is 0. The molecule has 0 aliphatic carbocycles. The van der Waals surface area contributed by atoms with E-state index in [0.717, 1.165) is 17.7 Å². The van der Waals surface area contributed by atoms with Gasteiger partial charge in [0.05, 0.1) is 12.7 Å². The largest absolute Gasteiger partial charge is 0.495 e. The second kappa shape index (κ2) is 7.39. The van der Waals surface area contributed by atoms with Crippen LogP contribution in [0.4, 0.5) is 8.78 Å². The molecule has 24 heavy (non-hydrogen) atoms. The molecule has 0 heterocycles. The van der Waals surface area contributed by atoms with Crippen molar-refractivity contribution >= 4 is 0 Å². The lowest BCUT2D eigenvalue weighted by molar-refractivity contribution is 0.0528. The van der Waals surface area contributed by atoms with Crippen LogP contribution in [0.15, 0.2) is 36.4 Å². The van der Waals surface area contributed by atoms with Crippen molar-refractivity contribution in [3.8, 4) is 11.8 Å². The van der Waals surface area contributed by atoms with Crippen LogP contribution in [0.3, 0.4) is 0 Å². The number of nitriles is 1. The van der Waals surface area contributed by atoms with Gasteiger partial charge in [-0.05, 0) is 30.7 Å². The average Bonchev–Trinajstić information content (AvgIpc) is 2.54. The van der Waals surface area contributed by atoms with Crippen molar-refractivity contribution in [2.24, 2.45) is 0 Å². The molecular formula is C18H18F2N2O2. The summed E-state index contributed by atoms with van der Waals surface area (Å²) < 4.78 is 31.8. The fourth-order valence-corrected chi connectivity index (χ4v) is 2.42. The van der Waals surface area contributed by atoms with Gasteiger partial charge in [-0.1, -0.05) is 12.1 Å². The summed E-state index contributed by atoms with van der Waals surface area (Å²) in [5.41, 5.74) is -0.248. The number of rotatable bonds is 6. The normalized spacial score (nSPS) is 13.2. The highest BCUT2D eigenvalue weighted by atomic mass is 19.1. The Labute approximate surface area is 139 Å². The predicted octanol–water partition coefficient (Wildman–Crippen LogP) is 2.84. The third-order valence-electron chi connectivity index (χ3n) is 3.69. The van der Waals surface area contributed by atoms with E-state index in [1.807, 2.05) is 6.07 Å². The van der Waals surface area contributed by atoms with Gasteiger partial charge in [0.2, 0.25) is 0 Å². The maximum Gasteiger partial charge on any atom is 0.136 e. The highest BCUT2D eigenvalue weighted by Crippen LogP contribution is 2.24. The van der Waals surface area contributed by atoms with Gasteiger partial charge in [0.1, 0.15) is 29.1 Å². The van der Waals surface area contributed by atoms with Gasteiger partial charge >= 0.3 is 0 Å². The van der Waals surface area contributed by atoms with E-state index in [1.54, 1.807) is 18.2 Å². The Bertz CT molecular complexity index is 770. The third-order valence-corrected chi connectivity index (χ3v) is 3.69. The predicted molar refractivity (Wildman–Crippen MR) is 85.3 cm³/mol. The second-order valence-electron chi connectivity index (χ2n) is 5.65. The zero-order chi connectivity index (χ0) is 17.7. The highest BCUT2D eigenvalue weighted by Gasteiger charge is 2.26. The van der Waals surface area contributed by atoms with Crippen molar-refractivity contribution < 1.29 is 18.6 Å². The molecule has 0 aliphatic rings. The minimum atomic E-state index is -1.50.